The van der Waals surface area contributed by atoms with Crippen molar-refractivity contribution in [2.75, 3.05) is 32.9 Å². The molecule has 1 fully saturated rings. The van der Waals surface area contributed by atoms with E-state index in [1.54, 1.807) is 11.7 Å². The minimum atomic E-state index is -3.25. The molecule has 0 amide bonds. The molecule has 0 aromatic carbocycles. The molecular formula is C14H28IN7O2S. The molecule has 0 radical (unpaired) electrons. The van der Waals surface area contributed by atoms with Crippen molar-refractivity contribution in [2.45, 2.75) is 25.8 Å². The van der Waals surface area contributed by atoms with Crippen LogP contribution in [0.4, 0.5) is 0 Å². The van der Waals surface area contributed by atoms with Gasteiger partial charge in [0, 0.05) is 34.2 Å². The predicted octanol–water partition coefficient (Wildman–Crippen LogP) is 0.160. The van der Waals surface area contributed by atoms with Crippen LogP contribution in [0.1, 0.15) is 25.1 Å². The van der Waals surface area contributed by atoms with E-state index in [1.807, 2.05) is 19.0 Å². The molecule has 2 rings (SSSR count). The number of aromatic nitrogens is 3. The van der Waals surface area contributed by atoms with Gasteiger partial charge < -0.3 is 10.2 Å². The first kappa shape index (κ1) is 22.1. The molecule has 0 spiro atoms. The summed E-state index contributed by atoms with van der Waals surface area (Å²) in [5.74, 6) is 1.96. The van der Waals surface area contributed by atoms with Gasteiger partial charge in [0.2, 0.25) is 10.0 Å². The first-order chi connectivity index (χ1) is 11.4. The second-order valence-electron chi connectivity index (χ2n) is 6.09. The Kier molecular flexibility index (Phi) is 9.07. The standard InChI is InChI=1S/C14H27N7O2S.HI/c1-15-14(20(2)10-13-17-11-18-21(13)3)16-7-8-24(22,23)19-9-12-5-4-6-12;/h11-12,19H,4-10H2,1-3H3,(H,15,16);1H. The highest BCUT2D eigenvalue weighted by Crippen LogP contribution is 2.25. The zero-order valence-corrected chi connectivity index (χ0v) is 18.1. The summed E-state index contributed by atoms with van der Waals surface area (Å²) in [5.41, 5.74) is 0. The third kappa shape index (κ3) is 7.05. The number of aliphatic imine (C=N–C) groups is 1. The highest BCUT2D eigenvalue weighted by atomic mass is 127. The Bertz CT molecular complexity index is 658. The van der Waals surface area contributed by atoms with Gasteiger partial charge in [-0.2, -0.15) is 5.10 Å². The summed E-state index contributed by atoms with van der Waals surface area (Å²) in [5, 5.41) is 7.10. The molecule has 1 saturated carbocycles. The van der Waals surface area contributed by atoms with Crippen LogP contribution in [-0.2, 0) is 23.6 Å². The first-order valence-electron chi connectivity index (χ1n) is 8.13. The minimum absolute atomic E-state index is 0. The fraction of sp³-hybridized carbons (Fsp3) is 0.786. The topological polar surface area (TPSA) is 105 Å². The zero-order chi connectivity index (χ0) is 17.6. The molecule has 1 aromatic heterocycles. The van der Waals surface area contributed by atoms with Crippen LogP contribution in [0.5, 0.6) is 0 Å². The Morgan fingerprint density at radius 1 is 1.48 bits per heavy atom. The van der Waals surface area contributed by atoms with E-state index >= 15 is 0 Å². The van der Waals surface area contributed by atoms with Gasteiger partial charge in [0.1, 0.15) is 12.2 Å². The van der Waals surface area contributed by atoms with Crippen LogP contribution >= 0.6 is 24.0 Å². The maximum Gasteiger partial charge on any atom is 0.213 e. The second kappa shape index (κ2) is 10.3. The third-order valence-corrected chi connectivity index (χ3v) is 5.58. The summed E-state index contributed by atoms with van der Waals surface area (Å²) in [6.45, 7) is 1.39. The molecule has 0 bridgehead atoms. The van der Waals surface area contributed by atoms with E-state index in [2.05, 4.69) is 25.1 Å². The molecule has 2 N–H and O–H groups in total. The monoisotopic (exact) mass is 485 g/mol. The van der Waals surface area contributed by atoms with E-state index in [1.165, 1.54) is 12.7 Å². The van der Waals surface area contributed by atoms with E-state index < -0.39 is 10.0 Å². The quantitative estimate of drug-likeness (QED) is 0.309. The lowest BCUT2D eigenvalue weighted by atomic mass is 9.86. The average Bonchev–Trinajstić information content (AvgIpc) is 2.87. The van der Waals surface area contributed by atoms with Gasteiger partial charge in [0.15, 0.2) is 5.96 Å². The average molecular weight is 485 g/mol. The number of hydrogen-bond acceptors (Lipinski definition) is 5. The lowest BCUT2D eigenvalue weighted by molar-refractivity contribution is 0.316. The molecule has 1 aliphatic rings. The zero-order valence-electron chi connectivity index (χ0n) is 15.0. The van der Waals surface area contributed by atoms with Crippen LogP contribution in [0.2, 0.25) is 0 Å². The second-order valence-corrected chi connectivity index (χ2v) is 8.02. The molecule has 0 atom stereocenters. The fourth-order valence-electron chi connectivity index (χ4n) is 2.45. The maximum atomic E-state index is 12.0. The lowest BCUT2D eigenvalue weighted by Gasteiger charge is -2.25. The van der Waals surface area contributed by atoms with Crippen molar-refractivity contribution >= 4 is 40.0 Å². The van der Waals surface area contributed by atoms with Crippen molar-refractivity contribution in [1.82, 2.24) is 29.7 Å². The number of rotatable bonds is 8. The van der Waals surface area contributed by atoms with Gasteiger partial charge in [0.25, 0.3) is 0 Å². The van der Waals surface area contributed by atoms with E-state index in [-0.39, 0.29) is 29.7 Å². The molecule has 0 aliphatic heterocycles. The number of nitrogens with one attached hydrogen (secondary N) is 2. The van der Waals surface area contributed by atoms with Gasteiger partial charge in [-0.25, -0.2) is 18.1 Å². The van der Waals surface area contributed by atoms with Gasteiger partial charge in [-0.15, -0.1) is 24.0 Å². The van der Waals surface area contributed by atoms with E-state index in [9.17, 15) is 8.42 Å². The smallest absolute Gasteiger partial charge is 0.213 e. The van der Waals surface area contributed by atoms with Crippen LogP contribution < -0.4 is 10.0 Å². The Balaban J connectivity index is 0.00000312. The first-order valence-corrected chi connectivity index (χ1v) is 9.78. The molecule has 0 saturated heterocycles. The van der Waals surface area contributed by atoms with Gasteiger partial charge in [0.05, 0.1) is 12.3 Å². The van der Waals surface area contributed by atoms with Crippen molar-refractivity contribution in [3.63, 3.8) is 0 Å². The van der Waals surface area contributed by atoms with Crippen LogP contribution in [-0.4, -0.2) is 67.0 Å². The van der Waals surface area contributed by atoms with Crippen LogP contribution in [0.15, 0.2) is 11.3 Å². The minimum Gasteiger partial charge on any atom is -0.355 e. The van der Waals surface area contributed by atoms with Gasteiger partial charge in [-0.3, -0.25) is 9.67 Å². The van der Waals surface area contributed by atoms with E-state index in [0.717, 1.165) is 18.7 Å². The van der Waals surface area contributed by atoms with Crippen molar-refractivity contribution in [3.05, 3.63) is 12.2 Å². The number of halogens is 1. The summed E-state index contributed by atoms with van der Waals surface area (Å²) in [7, 11) is 2.11. The van der Waals surface area contributed by atoms with E-state index in [0.29, 0.717) is 31.5 Å². The third-order valence-electron chi connectivity index (χ3n) is 4.23. The summed E-state index contributed by atoms with van der Waals surface area (Å²) in [6, 6.07) is 0. The number of guanidine groups is 1. The number of sulfonamides is 1. The molecule has 25 heavy (non-hydrogen) atoms. The summed E-state index contributed by atoms with van der Waals surface area (Å²) >= 11 is 0. The Morgan fingerprint density at radius 2 is 2.20 bits per heavy atom. The largest absolute Gasteiger partial charge is 0.355 e. The molecule has 144 valence electrons. The number of hydrogen-bond donors (Lipinski definition) is 2. The maximum absolute atomic E-state index is 12.0. The highest BCUT2D eigenvalue weighted by molar-refractivity contribution is 14.0. The van der Waals surface area contributed by atoms with Crippen molar-refractivity contribution in [2.24, 2.45) is 18.0 Å². The Labute approximate surface area is 166 Å². The van der Waals surface area contributed by atoms with Crippen molar-refractivity contribution in [3.8, 4) is 0 Å². The van der Waals surface area contributed by atoms with E-state index in [4.69, 9.17) is 0 Å². The lowest BCUT2D eigenvalue weighted by Crippen LogP contribution is -2.42. The van der Waals surface area contributed by atoms with Gasteiger partial charge in [-0.1, -0.05) is 6.42 Å². The SMILES string of the molecule is CN=C(NCCS(=O)(=O)NCC1CCC1)N(C)Cc1ncnn1C.I. The van der Waals surface area contributed by atoms with Crippen molar-refractivity contribution in [1.29, 1.82) is 0 Å². The summed E-state index contributed by atoms with van der Waals surface area (Å²) in [4.78, 5) is 10.2. The normalized spacial score (nSPS) is 15.4. The molecular weight excluding hydrogens is 457 g/mol. The van der Waals surface area contributed by atoms with Crippen LogP contribution in [0.25, 0.3) is 0 Å². The van der Waals surface area contributed by atoms with Crippen LogP contribution in [0.3, 0.4) is 0 Å². The summed E-state index contributed by atoms with van der Waals surface area (Å²) in [6.07, 6.45) is 4.96. The van der Waals surface area contributed by atoms with Crippen LogP contribution in [0, 0.1) is 5.92 Å². The predicted molar refractivity (Wildman–Crippen MR) is 108 cm³/mol. The Hall–Kier alpha value is -0.950. The van der Waals surface area contributed by atoms with Gasteiger partial charge in [-0.05, 0) is 18.8 Å². The molecule has 1 aliphatic carbocycles. The molecule has 9 nitrogen and oxygen atoms in total. The summed E-state index contributed by atoms with van der Waals surface area (Å²) < 4.78 is 28.4. The molecule has 0 unspecified atom stereocenters. The molecule has 1 heterocycles. The number of nitrogens with zero attached hydrogens (tertiary/aromatic N) is 5. The molecule has 1 aromatic rings. The fourth-order valence-corrected chi connectivity index (χ4v) is 3.45. The molecule has 11 heteroatoms. The number of aryl methyl sites for hydroxylation is 1. The highest BCUT2D eigenvalue weighted by Gasteiger charge is 2.20. The Morgan fingerprint density at radius 3 is 2.72 bits per heavy atom. The van der Waals surface area contributed by atoms with Gasteiger partial charge >= 0.3 is 0 Å². The van der Waals surface area contributed by atoms with Crippen molar-refractivity contribution < 1.29 is 8.42 Å².